The van der Waals surface area contributed by atoms with Gasteiger partial charge in [0.15, 0.2) is 0 Å². The largest absolute Gasteiger partial charge is 0.458 e. The molecule has 2 heterocycles. The lowest BCUT2D eigenvalue weighted by Crippen LogP contribution is -2.58. The summed E-state index contributed by atoms with van der Waals surface area (Å²) in [5.74, 6) is -0.210. The minimum Gasteiger partial charge on any atom is -0.458 e. The molecule has 4 aliphatic rings. The maximum Gasteiger partial charge on any atom is 0.334 e. The van der Waals surface area contributed by atoms with Gasteiger partial charge in [-0.25, -0.2) is 4.79 Å². The first-order valence-electron chi connectivity index (χ1n) is 7.11. The monoisotopic (exact) mass is 264 g/mol. The lowest BCUT2D eigenvalue weighted by Gasteiger charge is -2.50. The molecule has 4 rings (SSSR count). The van der Waals surface area contributed by atoms with Gasteiger partial charge < -0.3 is 14.6 Å². The number of esters is 1. The fourth-order valence-corrected chi connectivity index (χ4v) is 4.96. The lowest BCUT2D eigenvalue weighted by molar-refractivity contribution is -0.148. The fraction of sp³-hybridized carbons (Fsp3) is 0.800. The Kier molecular flexibility index (Phi) is 1.92. The Labute approximate surface area is 112 Å². The molecule has 2 aliphatic carbocycles. The van der Waals surface area contributed by atoms with E-state index >= 15 is 0 Å². The number of hydrogen-bond acceptors (Lipinski definition) is 4. The van der Waals surface area contributed by atoms with Crippen LogP contribution >= 0.6 is 0 Å². The summed E-state index contributed by atoms with van der Waals surface area (Å²) in [5.41, 5.74) is -0.168. The van der Waals surface area contributed by atoms with E-state index in [0.717, 1.165) is 19.3 Å². The average Bonchev–Trinajstić information content (AvgIpc) is 2.88. The van der Waals surface area contributed by atoms with Gasteiger partial charge in [0, 0.05) is 16.9 Å². The van der Waals surface area contributed by atoms with Crippen LogP contribution in [0.25, 0.3) is 0 Å². The summed E-state index contributed by atoms with van der Waals surface area (Å²) in [6, 6.07) is 0. The van der Waals surface area contributed by atoms with E-state index in [1.165, 1.54) is 0 Å². The molecule has 4 fully saturated rings. The van der Waals surface area contributed by atoms with Gasteiger partial charge in [-0.3, -0.25) is 0 Å². The molecule has 104 valence electrons. The Morgan fingerprint density at radius 3 is 2.84 bits per heavy atom. The van der Waals surface area contributed by atoms with Gasteiger partial charge in [-0.2, -0.15) is 0 Å². The van der Waals surface area contributed by atoms with E-state index in [2.05, 4.69) is 20.4 Å². The molecule has 0 aromatic rings. The summed E-state index contributed by atoms with van der Waals surface area (Å²) < 4.78 is 11.6. The van der Waals surface area contributed by atoms with Crippen molar-refractivity contribution in [2.24, 2.45) is 11.3 Å². The zero-order chi connectivity index (χ0) is 13.6. The van der Waals surface area contributed by atoms with Crippen LogP contribution in [0.1, 0.15) is 39.5 Å². The molecule has 2 saturated heterocycles. The third-order valence-corrected chi connectivity index (χ3v) is 6.31. The maximum atomic E-state index is 11.7. The number of carbonyl (C=O) groups excluding carboxylic acids is 1. The molecule has 0 aromatic carbocycles. The van der Waals surface area contributed by atoms with E-state index in [1.807, 2.05) is 0 Å². The van der Waals surface area contributed by atoms with Crippen molar-refractivity contribution in [2.45, 2.75) is 62.9 Å². The zero-order valence-corrected chi connectivity index (χ0v) is 11.4. The third-order valence-electron chi connectivity index (χ3n) is 6.31. The standard InChI is InChI=1S/C15H20O4/c1-8-9-6-15-13(2,7-10(9)18-12(8)17)11(16)4-5-14(15,3)19-15/h9-11,16H,1,4-7H2,2-3H3/t9-,10-,11-,13+,14-,15+/m1/s1. The van der Waals surface area contributed by atoms with Crippen molar-refractivity contribution in [3.63, 3.8) is 0 Å². The van der Waals surface area contributed by atoms with E-state index in [9.17, 15) is 9.90 Å². The van der Waals surface area contributed by atoms with Gasteiger partial charge in [0.2, 0.25) is 0 Å². The molecule has 1 spiro atoms. The molecule has 0 bridgehead atoms. The third kappa shape index (κ3) is 1.12. The van der Waals surface area contributed by atoms with Crippen LogP contribution in [-0.2, 0) is 14.3 Å². The first-order valence-corrected chi connectivity index (χ1v) is 7.11. The van der Waals surface area contributed by atoms with Crippen molar-refractivity contribution in [1.82, 2.24) is 0 Å². The number of hydrogen-bond donors (Lipinski definition) is 1. The topological polar surface area (TPSA) is 59.1 Å². The Morgan fingerprint density at radius 2 is 2.11 bits per heavy atom. The average molecular weight is 264 g/mol. The predicted molar refractivity (Wildman–Crippen MR) is 67.3 cm³/mol. The van der Waals surface area contributed by atoms with Crippen molar-refractivity contribution in [3.05, 3.63) is 12.2 Å². The number of aliphatic hydroxyl groups excluding tert-OH is 1. The highest BCUT2D eigenvalue weighted by atomic mass is 16.6. The number of fused-ring (bicyclic) bond motifs is 1. The van der Waals surface area contributed by atoms with Crippen molar-refractivity contribution in [1.29, 1.82) is 0 Å². The number of ether oxygens (including phenoxy) is 2. The molecule has 4 heteroatoms. The summed E-state index contributed by atoms with van der Waals surface area (Å²) in [7, 11) is 0. The van der Waals surface area contributed by atoms with E-state index < -0.39 is 0 Å². The molecule has 0 radical (unpaired) electrons. The van der Waals surface area contributed by atoms with Crippen LogP contribution in [-0.4, -0.2) is 34.5 Å². The summed E-state index contributed by atoms with van der Waals surface area (Å²) in [6.45, 7) is 8.11. The smallest absolute Gasteiger partial charge is 0.334 e. The second-order valence-electron chi connectivity index (χ2n) is 7.12. The minimum atomic E-state index is -0.378. The van der Waals surface area contributed by atoms with Crippen molar-refractivity contribution in [2.75, 3.05) is 0 Å². The Balaban J connectivity index is 1.77. The van der Waals surface area contributed by atoms with Crippen LogP contribution in [0, 0.1) is 11.3 Å². The molecule has 0 unspecified atom stereocenters. The molecule has 19 heavy (non-hydrogen) atoms. The zero-order valence-electron chi connectivity index (χ0n) is 11.4. The quantitative estimate of drug-likeness (QED) is 0.410. The summed E-state index contributed by atoms with van der Waals surface area (Å²) in [6.07, 6.45) is 2.59. The van der Waals surface area contributed by atoms with Crippen LogP contribution in [0.15, 0.2) is 12.2 Å². The van der Waals surface area contributed by atoms with Gasteiger partial charge in [0.05, 0.1) is 11.7 Å². The van der Waals surface area contributed by atoms with E-state index in [1.54, 1.807) is 0 Å². The van der Waals surface area contributed by atoms with Crippen LogP contribution in [0.4, 0.5) is 0 Å². The molecule has 6 atom stereocenters. The molecular weight excluding hydrogens is 244 g/mol. The highest BCUT2D eigenvalue weighted by Gasteiger charge is 2.80. The van der Waals surface area contributed by atoms with E-state index in [-0.39, 0.29) is 40.7 Å². The SMILES string of the molecule is C=C1C(=O)O[C@@H]2C[C@@]3(C)[C@H](O)CC[C@@]4(C)O[C@]43C[C@H]12. The molecule has 1 N–H and O–H groups in total. The molecule has 0 amide bonds. The summed E-state index contributed by atoms with van der Waals surface area (Å²) >= 11 is 0. The Bertz CT molecular complexity index is 500. The summed E-state index contributed by atoms with van der Waals surface area (Å²) in [5, 5.41) is 10.5. The fourth-order valence-electron chi connectivity index (χ4n) is 4.96. The van der Waals surface area contributed by atoms with Crippen LogP contribution in [0.3, 0.4) is 0 Å². The van der Waals surface area contributed by atoms with Gasteiger partial charge in [-0.15, -0.1) is 0 Å². The highest BCUT2D eigenvalue weighted by Crippen LogP contribution is 2.72. The van der Waals surface area contributed by atoms with Crippen LogP contribution in [0.5, 0.6) is 0 Å². The molecular formula is C15H20O4. The van der Waals surface area contributed by atoms with Gasteiger partial charge in [-0.1, -0.05) is 13.5 Å². The molecule has 0 aromatic heterocycles. The van der Waals surface area contributed by atoms with Crippen LogP contribution < -0.4 is 0 Å². The van der Waals surface area contributed by atoms with Crippen molar-refractivity contribution < 1.29 is 19.4 Å². The Hall–Kier alpha value is -0.870. The minimum absolute atomic E-state index is 0.0627. The van der Waals surface area contributed by atoms with Gasteiger partial charge >= 0.3 is 5.97 Å². The van der Waals surface area contributed by atoms with Crippen molar-refractivity contribution in [3.8, 4) is 0 Å². The predicted octanol–water partition coefficient (Wildman–Crippen LogP) is 1.57. The number of epoxide rings is 1. The first-order chi connectivity index (χ1) is 8.83. The molecule has 4 nitrogen and oxygen atoms in total. The number of rotatable bonds is 0. The van der Waals surface area contributed by atoms with Gasteiger partial charge in [0.25, 0.3) is 0 Å². The summed E-state index contributed by atoms with van der Waals surface area (Å²) in [4.78, 5) is 11.7. The van der Waals surface area contributed by atoms with Crippen LogP contribution in [0.2, 0.25) is 0 Å². The van der Waals surface area contributed by atoms with Crippen molar-refractivity contribution >= 4 is 5.97 Å². The first kappa shape index (κ1) is 11.9. The van der Waals surface area contributed by atoms with Gasteiger partial charge in [0.1, 0.15) is 11.7 Å². The second-order valence-corrected chi connectivity index (χ2v) is 7.12. The Morgan fingerprint density at radius 1 is 1.37 bits per heavy atom. The van der Waals surface area contributed by atoms with E-state index in [0.29, 0.717) is 12.0 Å². The number of aliphatic hydroxyl groups is 1. The highest BCUT2D eigenvalue weighted by molar-refractivity contribution is 5.91. The van der Waals surface area contributed by atoms with Gasteiger partial charge in [-0.05, 0) is 32.6 Å². The number of carbonyl (C=O) groups is 1. The maximum absolute atomic E-state index is 11.7. The molecule has 2 saturated carbocycles. The normalized spacial score (nSPS) is 59.0. The van der Waals surface area contributed by atoms with E-state index in [4.69, 9.17) is 9.47 Å². The second kappa shape index (κ2) is 3.07. The lowest BCUT2D eigenvalue weighted by atomic mass is 9.53. The molecule has 2 aliphatic heterocycles.